The number of nitrogens with one attached hydrogen (secondary N) is 2. The SMILES string of the molecule is Cl.Cl.O=C(NCCN1CCNCC1)c1cc(-c2ccccc2)nc2cc(F)ccc12. The Kier molecular flexibility index (Phi) is 8.99. The van der Waals surface area contributed by atoms with Crippen LogP contribution in [0.1, 0.15) is 10.4 Å². The van der Waals surface area contributed by atoms with Gasteiger partial charge in [-0.1, -0.05) is 30.3 Å². The second-order valence-corrected chi connectivity index (χ2v) is 6.93. The van der Waals surface area contributed by atoms with Gasteiger partial charge in [-0.2, -0.15) is 0 Å². The van der Waals surface area contributed by atoms with E-state index in [1.54, 1.807) is 12.1 Å². The number of hydrogen-bond acceptors (Lipinski definition) is 4. The van der Waals surface area contributed by atoms with Crippen molar-refractivity contribution in [3.8, 4) is 11.3 Å². The maximum absolute atomic E-state index is 13.8. The van der Waals surface area contributed by atoms with Crippen LogP contribution in [-0.2, 0) is 0 Å². The molecule has 1 aromatic heterocycles. The third kappa shape index (κ3) is 5.67. The van der Waals surface area contributed by atoms with Crippen molar-refractivity contribution in [2.24, 2.45) is 0 Å². The van der Waals surface area contributed by atoms with E-state index in [0.717, 1.165) is 38.3 Å². The topological polar surface area (TPSA) is 57.3 Å². The predicted octanol–water partition coefficient (Wildman–Crippen LogP) is 3.52. The molecule has 2 aromatic carbocycles. The fraction of sp³-hybridized carbons (Fsp3) is 0.273. The molecule has 3 aromatic rings. The maximum Gasteiger partial charge on any atom is 0.252 e. The molecule has 0 aliphatic carbocycles. The highest BCUT2D eigenvalue weighted by molar-refractivity contribution is 6.07. The van der Waals surface area contributed by atoms with Crippen LogP contribution >= 0.6 is 24.8 Å². The van der Waals surface area contributed by atoms with Crippen LogP contribution in [0, 0.1) is 5.82 Å². The number of pyridine rings is 1. The molecule has 2 heterocycles. The van der Waals surface area contributed by atoms with Crippen molar-refractivity contribution < 1.29 is 9.18 Å². The van der Waals surface area contributed by atoms with Crippen LogP contribution in [0.5, 0.6) is 0 Å². The van der Waals surface area contributed by atoms with Gasteiger partial charge < -0.3 is 10.6 Å². The Hall–Kier alpha value is -2.25. The van der Waals surface area contributed by atoms with Crippen molar-refractivity contribution in [1.82, 2.24) is 20.5 Å². The highest BCUT2D eigenvalue weighted by Crippen LogP contribution is 2.25. The second kappa shape index (κ2) is 11.2. The zero-order valence-corrected chi connectivity index (χ0v) is 18.1. The summed E-state index contributed by atoms with van der Waals surface area (Å²) in [7, 11) is 0. The number of nitrogens with zero attached hydrogens (tertiary/aromatic N) is 2. The average molecular weight is 451 g/mol. The molecule has 8 heteroatoms. The number of carbonyl (C=O) groups excluding carboxylic acids is 1. The van der Waals surface area contributed by atoms with Gasteiger partial charge in [0.1, 0.15) is 5.82 Å². The summed E-state index contributed by atoms with van der Waals surface area (Å²) < 4.78 is 13.8. The summed E-state index contributed by atoms with van der Waals surface area (Å²) in [5.41, 5.74) is 2.55. The monoisotopic (exact) mass is 450 g/mol. The van der Waals surface area contributed by atoms with Crippen LogP contribution < -0.4 is 10.6 Å². The Morgan fingerprint density at radius 2 is 1.80 bits per heavy atom. The van der Waals surface area contributed by atoms with E-state index in [1.165, 1.54) is 12.1 Å². The number of rotatable bonds is 5. The first-order chi connectivity index (χ1) is 13.7. The molecule has 0 atom stereocenters. The number of amides is 1. The fourth-order valence-electron chi connectivity index (χ4n) is 3.50. The van der Waals surface area contributed by atoms with Gasteiger partial charge >= 0.3 is 0 Å². The lowest BCUT2D eigenvalue weighted by molar-refractivity contribution is 0.0949. The number of hydrogen-bond donors (Lipinski definition) is 2. The Morgan fingerprint density at radius 3 is 2.53 bits per heavy atom. The lowest BCUT2D eigenvalue weighted by Gasteiger charge is -2.27. The predicted molar refractivity (Wildman–Crippen MR) is 123 cm³/mol. The first-order valence-corrected chi connectivity index (χ1v) is 9.58. The minimum Gasteiger partial charge on any atom is -0.351 e. The largest absolute Gasteiger partial charge is 0.351 e. The molecule has 0 bridgehead atoms. The third-order valence-electron chi connectivity index (χ3n) is 5.01. The van der Waals surface area contributed by atoms with E-state index in [4.69, 9.17) is 0 Å². The normalized spacial score (nSPS) is 13.9. The van der Waals surface area contributed by atoms with Crippen molar-refractivity contribution in [3.05, 3.63) is 66.0 Å². The van der Waals surface area contributed by atoms with Crippen LogP contribution in [0.4, 0.5) is 4.39 Å². The summed E-state index contributed by atoms with van der Waals surface area (Å²) in [6.07, 6.45) is 0. The molecule has 1 aliphatic rings. The van der Waals surface area contributed by atoms with Gasteiger partial charge in [0.15, 0.2) is 0 Å². The molecule has 0 radical (unpaired) electrons. The second-order valence-electron chi connectivity index (χ2n) is 6.93. The first kappa shape index (κ1) is 24.0. The molecule has 1 aliphatic heterocycles. The summed E-state index contributed by atoms with van der Waals surface area (Å²) in [4.78, 5) is 19.8. The zero-order valence-electron chi connectivity index (χ0n) is 16.4. The fourth-order valence-corrected chi connectivity index (χ4v) is 3.50. The highest BCUT2D eigenvalue weighted by Gasteiger charge is 2.15. The van der Waals surface area contributed by atoms with Gasteiger partial charge in [-0.15, -0.1) is 24.8 Å². The minimum atomic E-state index is -0.365. The van der Waals surface area contributed by atoms with Crippen molar-refractivity contribution in [1.29, 1.82) is 0 Å². The molecule has 5 nitrogen and oxygen atoms in total. The van der Waals surface area contributed by atoms with E-state index in [1.807, 2.05) is 30.3 Å². The molecule has 1 fully saturated rings. The lowest BCUT2D eigenvalue weighted by Crippen LogP contribution is -2.46. The molecule has 1 saturated heterocycles. The summed E-state index contributed by atoms with van der Waals surface area (Å²) in [6, 6.07) is 15.8. The van der Waals surface area contributed by atoms with Crippen molar-refractivity contribution >= 4 is 41.6 Å². The quantitative estimate of drug-likeness (QED) is 0.624. The van der Waals surface area contributed by atoms with Gasteiger partial charge in [0, 0.05) is 56.3 Å². The Balaban J connectivity index is 0.00000160. The average Bonchev–Trinajstić information content (AvgIpc) is 2.74. The molecular weight excluding hydrogens is 426 g/mol. The molecule has 160 valence electrons. The van der Waals surface area contributed by atoms with Gasteiger partial charge in [0.05, 0.1) is 16.8 Å². The van der Waals surface area contributed by atoms with E-state index in [-0.39, 0.29) is 36.5 Å². The van der Waals surface area contributed by atoms with E-state index in [9.17, 15) is 9.18 Å². The van der Waals surface area contributed by atoms with Crippen LogP contribution in [0.15, 0.2) is 54.6 Å². The molecule has 0 unspecified atom stereocenters. The minimum absolute atomic E-state index is 0. The molecular formula is C22H25Cl2FN4O. The zero-order chi connectivity index (χ0) is 19.3. The molecule has 0 spiro atoms. The smallest absolute Gasteiger partial charge is 0.252 e. The van der Waals surface area contributed by atoms with Gasteiger partial charge in [0.2, 0.25) is 0 Å². The van der Waals surface area contributed by atoms with Gasteiger partial charge in [-0.05, 0) is 18.2 Å². The lowest BCUT2D eigenvalue weighted by atomic mass is 10.0. The van der Waals surface area contributed by atoms with Gasteiger partial charge in [-0.3, -0.25) is 9.69 Å². The van der Waals surface area contributed by atoms with Crippen molar-refractivity contribution in [3.63, 3.8) is 0 Å². The van der Waals surface area contributed by atoms with Crippen LogP contribution in [0.3, 0.4) is 0 Å². The van der Waals surface area contributed by atoms with Crippen LogP contribution in [0.2, 0.25) is 0 Å². The van der Waals surface area contributed by atoms with E-state index in [2.05, 4.69) is 20.5 Å². The standard InChI is InChI=1S/C22H23FN4O.2ClH/c23-17-6-7-18-19(22(28)25-10-13-27-11-8-24-9-12-27)15-20(26-21(18)14-17)16-4-2-1-3-5-16;;/h1-7,14-15,24H,8-13H2,(H,25,28);2*1H. The van der Waals surface area contributed by atoms with Gasteiger partial charge in [-0.25, -0.2) is 9.37 Å². The summed E-state index contributed by atoms with van der Waals surface area (Å²) in [5.74, 6) is -0.526. The summed E-state index contributed by atoms with van der Waals surface area (Å²) >= 11 is 0. The van der Waals surface area contributed by atoms with Crippen LogP contribution in [-0.4, -0.2) is 55.1 Å². The summed E-state index contributed by atoms with van der Waals surface area (Å²) in [6.45, 7) is 5.34. The Labute approximate surface area is 187 Å². The molecule has 2 N–H and O–H groups in total. The van der Waals surface area contributed by atoms with Crippen molar-refractivity contribution in [2.75, 3.05) is 39.3 Å². The Morgan fingerprint density at radius 1 is 1.07 bits per heavy atom. The third-order valence-corrected chi connectivity index (χ3v) is 5.01. The number of benzene rings is 2. The van der Waals surface area contributed by atoms with E-state index < -0.39 is 0 Å². The number of aromatic nitrogens is 1. The number of piperazine rings is 1. The van der Waals surface area contributed by atoms with E-state index >= 15 is 0 Å². The van der Waals surface area contributed by atoms with Crippen LogP contribution in [0.25, 0.3) is 22.2 Å². The molecule has 1 amide bonds. The highest BCUT2D eigenvalue weighted by atomic mass is 35.5. The molecule has 4 rings (SSSR count). The number of fused-ring (bicyclic) bond motifs is 1. The summed E-state index contributed by atoms with van der Waals surface area (Å²) in [5, 5.41) is 6.98. The maximum atomic E-state index is 13.8. The van der Waals surface area contributed by atoms with E-state index in [0.29, 0.717) is 28.7 Å². The molecule has 0 saturated carbocycles. The Bertz CT molecular complexity index is 982. The molecule has 30 heavy (non-hydrogen) atoms. The van der Waals surface area contributed by atoms with Gasteiger partial charge in [0.25, 0.3) is 5.91 Å². The van der Waals surface area contributed by atoms with Crippen molar-refractivity contribution in [2.45, 2.75) is 0 Å². The first-order valence-electron chi connectivity index (χ1n) is 9.58. The number of carbonyl (C=O) groups is 1. The number of halogens is 3.